The Hall–Kier alpha value is -1.14. The number of hydrogen-bond donors (Lipinski definition) is 2. The lowest BCUT2D eigenvalue weighted by atomic mass is 10.2. The number of hydrogen-bond acceptors (Lipinski definition) is 5. The Bertz CT molecular complexity index is 365. The van der Waals surface area contributed by atoms with Crippen LogP contribution < -0.4 is 5.32 Å². The number of anilines is 1. The molecule has 2 N–H and O–H groups in total. The Morgan fingerprint density at radius 2 is 2.41 bits per heavy atom. The van der Waals surface area contributed by atoms with E-state index in [1.807, 2.05) is 6.92 Å². The molecule has 0 aliphatic heterocycles. The van der Waals surface area contributed by atoms with Crippen molar-refractivity contribution in [2.75, 3.05) is 25.5 Å². The van der Waals surface area contributed by atoms with Gasteiger partial charge in [0.2, 0.25) is 0 Å². The number of carbonyl (C=O) groups is 1. The summed E-state index contributed by atoms with van der Waals surface area (Å²) in [5.74, 6) is -0.106. The van der Waals surface area contributed by atoms with Crippen molar-refractivity contribution in [3.05, 3.63) is 11.1 Å². The van der Waals surface area contributed by atoms with Crippen LogP contribution in [0.3, 0.4) is 0 Å². The van der Waals surface area contributed by atoms with E-state index in [9.17, 15) is 4.79 Å². The van der Waals surface area contributed by atoms with Crippen LogP contribution in [0.1, 0.15) is 30.8 Å². The van der Waals surface area contributed by atoms with E-state index in [0.29, 0.717) is 18.7 Å². The van der Waals surface area contributed by atoms with E-state index in [1.54, 1.807) is 24.3 Å². The third kappa shape index (κ3) is 4.32. The maximum Gasteiger partial charge on any atom is 0.273 e. The van der Waals surface area contributed by atoms with Crippen molar-refractivity contribution in [2.45, 2.75) is 26.4 Å². The molecule has 0 aromatic carbocycles. The van der Waals surface area contributed by atoms with Gasteiger partial charge in [-0.25, -0.2) is 4.98 Å². The first-order valence-corrected chi connectivity index (χ1v) is 6.55. The molecule has 0 aliphatic carbocycles. The second-order valence-electron chi connectivity index (χ2n) is 3.93. The highest BCUT2D eigenvalue weighted by atomic mass is 32.1. The Balaban J connectivity index is 2.55. The normalized spacial score (nSPS) is 12.2. The molecule has 17 heavy (non-hydrogen) atoms. The van der Waals surface area contributed by atoms with Gasteiger partial charge in [0.25, 0.3) is 5.91 Å². The summed E-state index contributed by atoms with van der Waals surface area (Å²) in [6.45, 7) is 5.02. The van der Waals surface area contributed by atoms with Gasteiger partial charge in [0.15, 0.2) is 5.13 Å². The summed E-state index contributed by atoms with van der Waals surface area (Å²) in [4.78, 5) is 17.7. The van der Waals surface area contributed by atoms with E-state index in [-0.39, 0.29) is 5.91 Å². The Labute approximate surface area is 105 Å². The molecule has 0 saturated heterocycles. The van der Waals surface area contributed by atoms with Crippen molar-refractivity contribution < 1.29 is 9.90 Å². The zero-order valence-electron chi connectivity index (χ0n) is 10.4. The molecule has 1 aromatic heterocycles. The highest BCUT2D eigenvalue weighted by Crippen LogP contribution is 2.16. The minimum absolute atomic E-state index is 0.106. The fraction of sp³-hybridized carbons (Fsp3) is 0.636. The average molecular weight is 257 g/mol. The highest BCUT2D eigenvalue weighted by Gasteiger charge is 2.15. The smallest absolute Gasteiger partial charge is 0.273 e. The van der Waals surface area contributed by atoms with Gasteiger partial charge >= 0.3 is 0 Å². The number of amides is 1. The molecule has 0 fully saturated rings. The van der Waals surface area contributed by atoms with Gasteiger partial charge in [-0.2, -0.15) is 0 Å². The number of rotatable bonds is 6. The first kappa shape index (κ1) is 13.9. The Morgan fingerprint density at radius 3 is 3.00 bits per heavy atom. The van der Waals surface area contributed by atoms with Crippen LogP contribution in [0.25, 0.3) is 0 Å². The van der Waals surface area contributed by atoms with Crippen LogP contribution in [-0.2, 0) is 0 Å². The number of aromatic nitrogens is 1. The molecule has 1 heterocycles. The summed E-state index contributed by atoms with van der Waals surface area (Å²) in [6.07, 6.45) is 0.185. The van der Waals surface area contributed by atoms with Crippen LogP contribution in [0.2, 0.25) is 0 Å². The third-order valence-corrected chi connectivity index (χ3v) is 3.08. The summed E-state index contributed by atoms with van der Waals surface area (Å²) in [5.41, 5.74) is 0.457. The number of nitrogens with zero attached hydrogens (tertiary/aromatic N) is 2. The second-order valence-corrected chi connectivity index (χ2v) is 4.79. The van der Waals surface area contributed by atoms with Crippen LogP contribution >= 0.6 is 11.3 Å². The molecule has 0 spiro atoms. The van der Waals surface area contributed by atoms with Crippen LogP contribution in [0.15, 0.2) is 5.38 Å². The molecule has 1 amide bonds. The predicted octanol–water partition coefficient (Wildman–Crippen LogP) is 1.42. The van der Waals surface area contributed by atoms with Crippen molar-refractivity contribution in [3.8, 4) is 0 Å². The minimum Gasteiger partial charge on any atom is -0.393 e. The molecular weight excluding hydrogens is 238 g/mol. The van der Waals surface area contributed by atoms with E-state index in [0.717, 1.165) is 11.7 Å². The van der Waals surface area contributed by atoms with E-state index in [4.69, 9.17) is 5.11 Å². The number of thiazole rings is 1. The third-order valence-electron chi connectivity index (χ3n) is 2.28. The van der Waals surface area contributed by atoms with Crippen molar-refractivity contribution in [3.63, 3.8) is 0 Å². The average Bonchev–Trinajstić information content (AvgIpc) is 2.74. The molecule has 6 heteroatoms. The van der Waals surface area contributed by atoms with Crippen LogP contribution in [-0.4, -0.2) is 47.1 Å². The molecule has 1 rings (SSSR count). The van der Waals surface area contributed by atoms with Crippen LogP contribution in [0, 0.1) is 0 Å². The molecular formula is C11H19N3O2S. The Morgan fingerprint density at radius 1 is 1.71 bits per heavy atom. The zero-order valence-corrected chi connectivity index (χ0v) is 11.3. The molecule has 1 unspecified atom stereocenters. The lowest BCUT2D eigenvalue weighted by Gasteiger charge is -2.16. The number of carbonyl (C=O) groups excluding carboxylic acids is 1. The summed E-state index contributed by atoms with van der Waals surface area (Å²) in [7, 11) is 1.72. The molecule has 96 valence electrons. The number of aliphatic hydroxyl groups excluding tert-OH is 1. The first-order chi connectivity index (χ1) is 8.04. The standard InChI is InChI=1S/C11H19N3O2S/c1-4-12-11-13-9(7-17-11)10(16)14(3)6-5-8(2)15/h7-8,15H,4-6H2,1-3H3,(H,12,13). The Kier molecular flexibility index (Phi) is 5.37. The molecule has 0 saturated carbocycles. The molecule has 5 nitrogen and oxygen atoms in total. The van der Waals surface area contributed by atoms with E-state index in [1.165, 1.54) is 11.3 Å². The van der Waals surface area contributed by atoms with Gasteiger partial charge in [-0.3, -0.25) is 4.79 Å². The molecule has 1 atom stereocenters. The van der Waals surface area contributed by atoms with E-state index >= 15 is 0 Å². The molecule has 0 aliphatic rings. The number of aliphatic hydroxyl groups is 1. The molecule has 0 bridgehead atoms. The van der Waals surface area contributed by atoms with Gasteiger partial charge in [-0.1, -0.05) is 0 Å². The molecule has 1 aromatic rings. The van der Waals surface area contributed by atoms with Gasteiger partial charge in [-0.05, 0) is 20.3 Å². The summed E-state index contributed by atoms with van der Waals surface area (Å²) in [5, 5.41) is 14.7. The van der Waals surface area contributed by atoms with Gasteiger partial charge in [0, 0.05) is 25.5 Å². The summed E-state index contributed by atoms with van der Waals surface area (Å²) < 4.78 is 0. The first-order valence-electron chi connectivity index (χ1n) is 5.67. The van der Waals surface area contributed by atoms with Crippen LogP contribution in [0.4, 0.5) is 5.13 Å². The minimum atomic E-state index is -0.391. The van der Waals surface area contributed by atoms with Crippen molar-refractivity contribution in [1.29, 1.82) is 0 Å². The van der Waals surface area contributed by atoms with Gasteiger partial charge in [0.05, 0.1) is 6.10 Å². The van der Waals surface area contributed by atoms with E-state index in [2.05, 4.69) is 10.3 Å². The van der Waals surface area contributed by atoms with Gasteiger partial charge < -0.3 is 15.3 Å². The monoisotopic (exact) mass is 257 g/mol. The maximum atomic E-state index is 11.9. The lowest BCUT2D eigenvalue weighted by Crippen LogP contribution is -2.29. The van der Waals surface area contributed by atoms with Crippen LogP contribution in [0.5, 0.6) is 0 Å². The largest absolute Gasteiger partial charge is 0.393 e. The SMILES string of the molecule is CCNc1nc(C(=O)N(C)CCC(C)O)cs1. The summed E-state index contributed by atoms with van der Waals surface area (Å²) in [6, 6.07) is 0. The van der Waals surface area contributed by atoms with Crippen molar-refractivity contribution in [2.24, 2.45) is 0 Å². The van der Waals surface area contributed by atoms with Crippen molar-refractivity contribution in [1.82, 2.24) is 9.88 Å². The second kappa shape index (κ2) is 6.56. The number of nitrogens with one attached hydrogen (secondary N) is 1. The predicted molar refractivity (Wildman–Crippen MR) is 69.5 cm³/mol. The summed E-state index contributed by atoms with van der Waals surface area (Å²) >= 11 is 1.43. The van der Waals surface area contributed by atoms with Gasteiger partial charge in [-0.15, -0.1) is 11.3 Å². The molecule has 0 radical (unpaired) electrons. The highest BCUT2D eigenvalue weighted by molar-refractivity contribution is 7.13. The maximum absolute atomic E-state index is 11.9. The fourth-order valence-electron chi connectivity index (χ4n) is 1.28. The van der Waals surface area contributed by atoms with E-state index < -0.39 is 6.10 Å². The van der Waals surface area contributed by atoms with Crippen molar-refractivity contribution >= 4 is 22.4 Å². The topological polar surface area (TPSA) is 65.5 Å². The zero-order chi connectivity index (χ0) is 12.8. The fourth-order valence-corrected chi connectivity index (χ4v) is 2.04. The van der Waals surface area contributed by atoms with Gasteiger partial charge in [0.1, 0.15) is 5.69 Å². The quantitative estimate of drug-likeness (QED) is 0.809. The lowest BCUT2D eigenvalue weighted by molar-refractivity contribution is 0.0764.